The number of nitrogens with two attached hydrogens (primary N) is 1. The number of hydrogen-bond donors (Lipinski definition) is 1. The average molecular weight is 410 g/mol. The first-order valence-electron chi connectivity index (χ1n) is 9.30. The van der Waals surface area contributed by atoms with E-state index in [1.165, 1.54) is 0 Å². The summed E-state index contributed by atoms with van der Waals surface area (Å²) in [6.07, 6.45) is -1.09. The summed E-state index contributed by atoms with van der Waals surface area (Å²) >= 11 is 0. The van der Waals surface area contributed by atoms with E-state index in [1.807, 2.05) is 20.8 Å². The Morgan fingerprint density at radius 1 is 1.07 bits per heavy atom. The molecule has 1 atom stereocenters. The Morgan fingerprint density at radius 2 is 1.66 bits per heavy atom. The molecule has 2 N–H and O–H groups in total. The van der Waals surface area contributed by atoms with Gasteiger partial charge in [0.2, 0.25) is 0 Å². The van der Waals surface area contributed by atoms with Gasteiger partial charge in [0, 0.05) is 10.6 Å². The predicted octanol–water partition coefficient (Wildman–Crippen LogP) is 3.57. The Morgan fingerprint density at radius 3 is 2.21 bits per heavy atom. The fourth-order valence-corrected chi connectivity index (χ4v) is 2.16. The van der Waals surface area contributed by atoms with E-state index < -0.39 is 6.09 Å². The van der Waals surface area contributed by atoms with Crippen LogP contribution < -0.4 is 10.5 Å². The van der Waals surface area contributed by atoms with Crippen LogP contribution in [0.1, 0.15) is 20.8 Å². The number of carbonyl (C=O) groups excluding carboxylic acids is 1. The zero-order chi connectivity index (χ0) is 21.5. The SMILES string of the molecule is CC(C)(C)C(COC(N)=O)OCCOCCOCCOc1ccc(N=[N+]=[N-])cc1. The molecule has 1 unspecified atom stereocenters. The monoisotopic (exact) mass is 410 g/mol. The van der Waals surface area contributed by atoms with Gasteiger partial charge in [0.15, 0.2) is 0 Å². The third-order valence-electron chi connectivity index (χ3n) is 3.75. The molecule has 0 saturated carbocycles. The van der Waals surface area contributed by atoms with Gasteiger partial charge >= 0.3 is 6.09 Å². The van der Waals surface area contributed by atoms with Gasteiger partial charge in [-0.2, -0.15) is 0 Å². The highest BCUT2D eigenvalue weighted by molar-refractivity contribution is 5.64. The molecule has 1 aromatic carbocycles. The third-order valence-corrected chi connectivity index (χ3v) is 3.75. The molecule has 29 heavy (non-hydrogen) atoms. The maximum absolute atomic E-state index is 10.8. The number of benzene rings is 1. The van der Waals surface area contributed by atoms with Gasteiger partial charge in [0.05, 0.1) is 39.1 Å². The normalized spacial score (nSPS) is 12.1. The maximum Gasteiger partial charge on any atom is 0.404 e. The van der Waals surface area contributed by atoms with Crippen molar-refractivity contribution in [1.29, 1.82) is 0 Å². The highest BCUT2D eigenvalue weighted by atomic mass is 16.6. The lowest BCUT2D eigenvalue weighted by atomic mass is 9.89. The van der Waals surface area contributed by atoms with E-state index in [4.69, 9.17) is 34.9 Å². The summed E-state index contributed by atoms with van der Waals surface area (Å²) in [6.45, 7) is 8.56. The second-order valence-corrected chi connectivity index (χ2v) is 7.11. The lowest BCUT2D eigenvalue weighted by molar-refractivity contribution is -0.0724. The molecule has 0 saturated heterocycles. The number of amides is 1. The van der Waals surface area contributed by atoms with Crippen LogP contribution in [-0.2, 0) is 18.9 Å². The van der Waals surface area contributed by atoms with Crippen molar-refractivity contribution >= 4 is 11.8 Å². The number of carbonyl (C=O) groups is 1. The summed E-state index contributed by atoms with van der Waals surface area (Å²) in [5.41, 5.74) is 13.7. The van der Waals surface area contributed by atoms with Gasteiger partial charge in [-0.3, -0.25) is 0 Å². The van der Waals surface area contributed by atoms with Crippen molar-refractivity contribution in [1.82, 2.24) is 0 Å². The van der Waals surface area contributed by atoms with Crippen molar-refractivity contribution in [2.24, 2.45) is 16.3 Å². The molecule has 0 aliphatic carbocycles. The van der Waals surface area contributed by atoms with E-state index in [0.29, 0.717) is 51.1 Å². The average Bonchev–Trinajstić information content (AvgIpc) is 2.65. The van der Waals surface area contributed by atoms with Crippen LogP contribution in [0.3, 0.4) is 0 Å². The number of primary amides is 1. The molecule has 1 rings (SSSR count). The molecule has 0 aliphatic heterocycles. The van der Waals surface area contributed by atoms with Crippen molar-refractivity contribution in [3.63, 3.8) is 0 Å². The number of nitrogens with zero attached hydrogens (tertiary/aromatic N) is 3. The van der Waals surface area contributed by atoms with Crippen molar-refractivity contribution in [2.75, 3.05) is 46.2 Å². The van der Waals surface area contributed by atoms with E-state index in [2.05, 4.69) is 10.0 Å². The summed E-state index contributed by atoms with van der Waals surface area (Å²) in [7, 11) is 0. The van der Waals surface area contributed by atoms with Gasteiger partial charge in [0.25, 0.3) is 0 Å². The van der Waals surface area contributed by atoms with Crippen LogP contribution in [-0.4, -0.2) is 58.4 Å². The van der Waals surface area contributed by atoms with Crippen molar-refractivity contribution in [2.45, 2.75) is 26.9 Å². The van der Waals surface area contributed by atoms with Gasteiger partial charge in [0.1, 0.15) is 19.0 Å². The first-order valence-corrected chi connectivity index (χ1v) is 9.30. The van der Waals surface area contributed by atoms with Crippen LogP contribution in [0.15, 0.2) is 29.4 Å². The summed E-state index contributed by atoms with van der Waals surface area (Å²) in [5, 5.41) is 3.49. The van der Waals surface area contributed by atoms with Crippen molar-refractivity contribution < 1.29 is 28.5 Å². The molecule has 0 aromatic heterocycles. The summed E-state index contributed by atoms with van der Waals surface area (Å²) in [4.78, 5) is 13.5. The topological polar surface area (TPSA) is 138 Å². The zero-order valence-corrected chi connectivity index (χ0v) is 17.2. The summed E-state index contributed by atoms with van der Waals surface area (Å²) in [6, 6.07) is 6.81. The highest BCUT2D eigenvalue weighted by Crippen LogP contribution is 2.22. The second-order valence-electron chi connectivity index (χ2n) is 7.11. The number of ether oxygens (including phenoxy) is 5. The standard InChI is InChI=1S/C19H30N4O6/c1-19(2,3)17(14-29-18(20)24)28-13-11-26-9-8-25-10-12-27-16-6-4-15(5-7-16)22-23-21/h4-7,17H,8-14H2,1-3H3,(H2,20,24). The van der Waals surface area contributed by atoms with Crippen molar-refractivity contribution in [3.05, 3.63) is 34.7 Å². The molecule has 10 nitrogen and oxygen atoms in total. The van der Waals surface area contributed by atoms with Crippen LogP contribution in [0, 0.1) is 5.41 Å². The molecule has 0 heterocycles. The number of rotatable bonds is 14. The molecule has 0 fully saturated rings. The Labute approximate surface area is 170 Å². The zero-order valence-electron chi connectivity index (χ0n) is 17.2. The van der Waals surface area contributed by atoms with Crippen LogP contribution in [0.4, 0.5) is 10.5 Å². The predicted molar refractivity (Wildman–Crippen MR) is 107 cm³/mol. The first-order chi connectivity index (χ1) is 13.8. The van der Waals surface area contributed by atoms with Crippen LogP contribution in [0.25, 0.3) is 10.4 Å². The molecule has 162 valence electrons. The lowest BCUT2D eigenvalue weighted by Gasteiger charge is -2.30. The van der Waals surface area contributed by atoms with E-state index in [1.54, 1.807) is 24.3 Å². The van der Waals surface area contributed by atoms with Gasteiger partial charge < -0.3 is 29.4 Å². The molecule has 0 spiro atoms. The maximum atomic E-state index is 10.8. The Balaban J connectivity index is 2.04. The van der Waals surface area contributed by atoms with E-state index >= 15 is 0 Å². The minimum absolute atomic E-state index is 0.107. The van der Waals surface area contributed by atoms with E-state index in [-0.39, 0.29) is 18.1 Å². The van der Waals surface area contributed by atoms with Crippen molar-refractivity contribution in [3.8, 4) is 5.75 Å². The largest absolute Gasteiger partial charge is 0.491 e. The quantitative estimate of drug-likeness (QED) is 0.215. The summed E-state index contributed by atoms with van der Waals surface area (Å²) < 4.78 is 27.0. The minimum atomic E-state index is -0.814. The molecular formula is C19H30N4O6. The molecule has 10 heteroatoms. The fourth-order valence-electron chi connectivity index (χ4n) is 2.16. The minimum Gasteiger partial charge on any atom is -0.491 e. The Kier molecular flexibility index (Phi) is 11.5. The number of hydrogen-bond acceptors (Lipinski definition) is 7. The number of azide groups is 1. The highest BCUT2D eigenvalue weighted by Gasteiger charge is 2.26. The van der Waals surface area contributed by atoms with E-state index in [9.17, 15) is 4.79 Å². The van der Waals surface area contributed by atoms with Gasteiger partial charge in [-0.1, -0.05) is 25.9 Å². The third kappa shape index (κ3) is 11.8. The molecule has 1 amide bonds. The van der Waals surface area contributed by atoms with Gasteiger partial charge in [-0.25, -0.2) is 4.79 Å². The second kappa shape index (κ2) is 13.6. The first kappa shape index (κ1) is 24.5. The Hall–Kier alpha value is -2.52. The van der Waals surface area contributed by atoms with Crippen LogP contribution >= 0.6 is 0 Å². The molecule has 0 aliphatic rings. The van der Waals surface area contributed by atoms with E-state index in [0.717, 1.165) is 0 Å². The molecular weight excluding hydrogens is 380 g/mol. The molecule has 0 bridgehead atoms. The smallest absolute Gasteiger partial charge is 0.404 e. The Bertz CT molecular complexity index is 641. The molecule has 0 radical (unpaired) electrons. The van der Waals surface area contributed by atoms with Gasteiger partial charge in [-0.05, 0) is 35.2 Å². The van der Waals surface area contributed by atoms with Crippen LogP contribution in [0.5, 0.6) is 5.75 Å². The lowest BCUT2D eigenvalue weighted by Crippen LogP contribution is -2.36. The van der Waals surface area contributed by atoms with Crippen LogP contribution in [0.2, 0.25) is 0 Å². The fraction of sp³-hybridized carbons (Fsp3) is 0.632. The van der Waals surface area contributed by atoms with Gasteiger partial charge in [-0.15, -0.1) is 0 Å². The summed E-state index contributed by atoms with van der Waals surface area (Å²) in [5.74, 6) is 0.674. The molecule has 1 aromatic rings.